The van der Waals surface area contributed by atoms with Gasteiger partial charge in [0.1, 0.15) is 24.7 Å². The van der Waals surface area contributed by atoms with Crippen LogP contribution in [0.25, 0.3) is 22.3 Å². The third-order valence-corrected chi connectivity index (χ3v) is 12.3. The smallest absolute Gasteiger partial charge is 0.412 e. The van der Waals surface area contributed by atoms with Crippen molar-refractivity contribution in [2.24, 2.45) is 0 Å². The van der Waals surface area contributed by atoms with Gasteiger partial charge in [-0.05, 0) is 42.2 Å². The number of nitrogens with one attached hydrogen (secondary N) is 3. The number of hydrogen-bond donors (Lipinski definition) is 6. The Hall–Kier alpha value is -7.89. The maximum Gasteiger partial charge on any atom is 0.412 e. The van der Waals surface area contributed by atoms with Crippen LogP contribution in [0.3, 0.4) is 0 Å². The van der Waals surface area contributed by atoms with Crippen molar-refractivity contribution in [1.82, 2.24) is 19.8 Å². The summed E-state index contributed by atoms with van der Waals surface area (Å²) in [7, 11) is 0. The number of carbonyl (C=O) groups excluding carboxylic acids is 6. The van der Waals surface area contributed by atoms with E-state index in [0.717, 1.165) is 35.5 Å². The Balaban J connectivity index is 0.00000195. The number of aliphatic hydroxyl groups is 2. The number of cyclic esters (lactones) is 1. The predicted molar refractivity (Wildman–Crippen MR) is 262 cm³/mol. The van der Waals surface area contributed by atoms with Gasteiger partial charge in [0.25, 0.3) is 17.4 Å². The number of aliphatic hydroxyl groups excluding tert-OH is 2. The summed E-state index contributed by atoms with van der Waals surface area (Å²) in [6.45, 7) is 9.08. The van der Waals surface area contributed by atoms with Crippen molar-refractivity contribution in [3.8, 4) is 28.6 Å². The number of rotatable bonds is 16. The molecule has 1 fully saturated rings. The highest BCUT2D eigenvalue weighted by Crippen LogP contribution is 2.48. The Morgan fingerprint density at radius 2 is 1.65 bits per heavy atom. The van der Waals surface area contributed by atoms with E-state index in [1.54, 1.807) is 12.1 Å². The maximum absolute atomic E-state index is 13.8. The van der Waals surface area contributed by atoms with Crippen LogP contribution in [-0.4, -0.2) is 110 Å². The molecule has 4 aromatic rings. The molecule has 1 saturated heterocycles. The average Bonchev–Trinajstić information content (AvgIpc) is 4.11. The van der Waals surface area contributed by atoms with E-state index in [9.17, 15) is 53.7 Å². The molecule has 2 aromatic carbocycles. The highest BCUT2D eigenvalue weighted by Gasteiger charge is 2.37. The zero-order valence-corrected chi connectivity index (χ0v) is 41.4. The maximum atomic E-state index is 13.8. The standard InChI is InChI=1S/C47H46N6O17.2C2H6/c1-2-3-4-24-26-18-53-30(16-25-27(44(53)60)20-65-46(63)42(25)59)40(26)50-29-17-32-43(68-21-67-32)41(39(24)29)51-47(64)66-19-22-5-6-31(69-38-15-23(54)14-33(70-38)45(61)62)28(13-22)49-35(56)9-11-48-34(55)10-12-52-36(57)7-8-37(52)58;2*1-2/h5-8,13,16-17,23,33,38,42,54,59H,2-4,9-12,14-15,18-21H2,1H3,(H,48,55)(H,49,56)(H,51,64)(H,61,62);2*1-2H3. The normalized spacial score (nSPS) is 18.7. The lowest BCUT2D eigenvalue weighted by atomic mass is 9.94. The van der Waals surface area contributed by atoms with Gasteiger partial charge >= 0.3 is 18.0 Å². The lowest BCUT2D eigenvalue weighted by molar-refractivity contribution is -0.195. The van der Waals surface area contributed by atoms with E-state index in [1.807, 2.05) is 34.6 Å². The summed E-state index contributed by atoms with van der Waals surface area (Å²) in [5.74, 6) is -3.80. The van der Waals surface area contributed by atoms with Crippen molar-refractivity contribution < 1.29 is 77.3 Å². The number of amides is 5. The zero-order valence-electron chi connectivity index (χ0n) is 41.4. The number of ether oxygens (including phenoxy) is 6. The van der Waals surface area contributed by atoms with Gasteiger partial charge in [-0.25, -0.2) is 19.4 Å². The molecular weight excluding hydrogens is 969 g/mol. The molecule has 74 heavy (non-hydrogen) atoms. The number of benzene rings is 2. The van der Waals surface area contributed by atoms with Gasteiger partial charge in [-0.3, -0.25) is 34.2 Å². The first-order chi connectivity index (χ1) is 35.7. The molecule has 23 heteroatoms. The predicted octanol–water partition coefficient (Wildman–Crippen LogP) is 4.48. The summed E-state index contributed by atoms with van der Waals surface area (Å²) in [4.78, 5) is 107. The Morgan fingerprint density at radius 3 is 2.38 bits per heavy atom. The topological polar surface area (TPSA) is 310 Å². The van der Waals surface area contributed by atoms with Gasteiger partial charge in [0, 0.05) is 73.5 Å². The quantitative estimate of drug-likeness (QED) is 0.0586. The van der Waals surface area contributed by atoms with Crippen LogP contribution < -0.4 is 35.7 Å². The van der Waals surface area contributed by atoms with Crippen molar-refractivity contribution >= 4 is 63.9 Å². The summed E-state index contributed by atoms with van der Waals surface area (Å²) < 4.78 is 35.4. The number of unbranched alkanes of at least 4 members (excludes halogenated alkanes) is 1. The molecule has 5 amide bonds. The lowest BCUT2D eigenvalue weighted by Gasteiger charge is -2.31. The fourth-order valence-electron chi connectivity index (χ4n) is 8.87. The molecule has 394 valence electrons. The highest BCUT2D eigenvalue weighted by atomic mass is 16.7. The molecule has 2 aromatic heterocycles. The fraction of sp³-hybridized carbons (Fsp3) is 0.431. The molecular formula is C51H58N6O17. The monoisotopic (exact) mass is 1030 g/mol. The van der Waals surface area contributed by atoms with E-state index < -0.39 is 71.8 Å². The third kappa shape index (κ3) is 11.5. The number of imide groups is 1. The Labute approximate surface area is 423 Å². The van der Waals surface area contributed by atoms with E-state index in [-0.39, 0.29) is 105 Å². The molecule has 5 aliphatic rings. The highest BCUT2D eigenvalue weighted by molar-refractivity contribution is 6.13. The lowest BCUT2D eigenvalue weighted by Crippen LogP contribution is -2.42. The molecule has 0 radical (unpaired) electrons. The van der Waals surface area contributed by atoms with Crippen LogP contribution in [0.1, 0.15) is 107 Å². The van der Waals surface area contributed by atoms with E-state index in [0.29, 0.717) is 39.8 Å². The molecule has 0 aliphatic carbocycles. The van der Waals surface area contributed by atoms with E-state index >= 15 is 0 Å². The van der Waals surface area contributed by atoms with Crippen molar-refractivity contribution in [3.05, 3.63) is 80.7 Å². The number of pyridine rings is 2. The SMILES string of the molecule is CC.CC.CCCCc1c2c(nc3cc4c(c(NC(=O)OCc5ccc(OC6CC(O)CC(C(=O)O)O6)c(NC(=O)CCNC(=O)CCN6C(=O)C=CC6=O)c5)c13)OCO4)-c1cc3c(c(=O)n1C2)COC(=O)C3O. The molecule has 5 aliphatic heterocycles. The molecule has 0 bridgehead atoms. The number of carboxylic acids is 1. The van der Waals surface area contributed by atoms with E-state index in [2.05, 4.69) is 16.0 Å². The van der Waals surface area contributed by atoms with Crippen molar-refractivity contribution in [3.63, 3.8) is 0 Å². The van der Waals surface area contributed by atoms with Crippen LogP contribution in [0, 0.1) is 0 Å². The van der Waals surface area contributed by atoms with E-state index in [4.69, 9.17) is 33.4 Å². The van der Waals surface area contributed by atoms with Crippen LogP contribution in [0.5, 0.6) is 17.2 Å². The summed E-state index contributed by atoms with van der Waals surface area (Å²) >= 11 is 0. The molecule has 0 spiro atoms. The fourth-order valence-corrected chi connectivity index (χ4v) is 8.87. The number of esters is 1. The van der Waals surface area contributed by atoms with E-state index in [1.165, 1.54) is 22.8 Å². The van der Waals surface area contributed by atoms with Gasteiger partial charge in [-0.15, -0.1) is 0 Å². The number of fused-ring (bicyclic) bond motifs is 6. The first-order valence-corrected chi connectivity index (χ1v) is 24.5. The van der Waals surface area contributed by atoms with Gasteiger partial charge < -0.3 is 58.9 Å². The second-order valence-electron chi connectivity index (χ2n) is 17.0. The van der Waals surface area contributed by atoms with Gasteiger partial charge in [-0.2, -0.15) is 0 Å². The second kappa shape index (κ2) is 23.8. The number of aromatic nitrogens is 2. The summed E-state index contributed by atoms with van der Waals surface area (Å²) in [6, 6.07) is 7.67. The summed E-state index contributed by atoms with van der Waals surface area (Å²) in [5, 5.41) is 39.2. The van der Waals surface area contributed by atoms with Gasteiger partial charge in [0.05, 0.1) is 40.8 Å². The number of carbonyl (C=O) groups is 7. The minimum atomic E-state index is -1.63. The molecule has 7 heterocycles. The van der Waals surface area contributed by atoms with Gasteiger partial charge in [0.2, 0.25) is 24.9 Å². The number of nitrogens with zero attached hydrogens (tertiary/aromatic N) is 3. The molecule has 9 rings (SSSR count). The van der Waals surface area contributed by atoms with Crippen molar-refractivity contribution in [1.29, 1.82) is 0 Å². The Bertz CT molecular complexity index is 2950. The first kappa shape index (κ1) is 53.9. The summed E-state index contributed by atoms with van der Waals surface area (Å²) in [5.41, 5.74) is 3.26. The van der Waals surface area contributed by atoms with Crippen LogP contribution in [0.2, 0.25) is 0 Å². The zero-order chi connectivity index (χ0) is 53.4. The third-order valence-electron chi connectivity index (χ3n) is 12.3. The molecule has 23 nitrogen and oxygen atoms in total. The molecule has 4 atom stereocenters. The Morgan fingerprint density at radius 1 is 0.892 bits per heavy atom. The number of carboxylic acid groups (broad SMARTS) is 1. The number of aliphatic carboxylic acids is 1. The summed E-state index contributed by atoms with van der Waals surface area (Å²) in [6.07, 6.45) is -2.62. The molecule has 0 saturated carbocycles. The van der Waals surface area contributed by atoms with Crippen LogP contribution in [0.4, 0.5) is 16.2 Å². The molecule has 4 unspecified atom stereocenters. The largest absolute Gasteiger partial charge is 0.479 e. The second-order valence-corrected chi connectivity index (χ2v) is 17.0. The van der Waals surface area contributed by atoms with Crippen LogP contribution in [0.15, 0.2) is 47.3 Å². The average molecular weight is 1030 g/mol. The van der Waals surface area contributed by atoms with Crippen LogP contribution >= 0.6 is 0 Å². The van der Waals surface area contributed by atoms with Crippen LogP contribution in [-0.2, 0) is 69.2 Å². The van der Waals surface area contributed by atoms with Gasteiger partial charge in [-0.1, -0.05) is 47.1 Å². The van der Waals surface area contributed by atoms with Gasteiger partial charge in [0.15, 0.2) is 23.7 Å². The number of anilines is 2. The van der Waals surface area contributed by atoms with Crippen molar-refractivity contribution in [2.45, 2.75) is 124 Å². The first-order valence-electron chi connectivity index (χ1n) is 24.5. The Kier molecular flexibility index (Phi) is 17.3. The minimum Gasteiger partial charge on any atom is -0.479 e. The van der Waals surface area contributed by atoms with Crippen molar-refractivity contribution in [2.75, 3.05) is 30.5 Å². The minimum absolute atomic E-state index is 0.0214. The molecule has 6 N–H and O–H groups in total. The number of hydrogen-bond acceptors (Lipinski definition) is 17. The number of aryl methyl sites for hydroxylation is 1.